The predicted molar refractivity (Wildman–Crippen MR) is 86.6 cm³/mol. The molecule has 2 aliphatic carbocycles. The predicted octanol–water partition coefficient (Wildman–Crippen LogP) is 2.10. The van der Waals surface area contributed by atoms with Gasteiger partial charge in [0.2, 0.25) is 10.0 Å². The van der Waals surface area contributed by atoms with Crippen molar-refractivity contribution < 1.29 is 8.42 Å². The van der Waals surface area contributed by atoms with Gasteiger partial charge in [0.1, 0.15) is 4.99 Å². The van der Waals surface area contributed by atoms with E-state index in [0.717, 1.165) is 29.9 Å². The number of hydrogen-bond donors (Lipinski definition) is 2. The van der Waals surface area contributed by atoms with Crippen molar-refractivity contribution in [2.24, 2.45) is 17.1 Å². The van der Waals surface area contributed by atoms with Gasteiger partial charge >= 0.3 is 0 Å². The SMILES string of the molecule is Cc1cc(S(=O)(=O)NCC2(C3CC3)CC2)ccc1C(N)=S. The molecule has 0 heterocycles. The molecule has 0 saturated heterocycles. The molecule has 0 amide bonds. The average molecular weight is 324 g/mol. The number of thiocarbonyl (C=S) groups is 1. The summed E-state index contributed by atoms with van der Waals surface area (Å²) in [6.45, 7) is 2.39. The zero-order valence-corrected chi connectivity index (χ0v) is 13.7. The molecule has 0 spiro atoms. The fraction of sp³-hybridized carbons (Fsp3) is 0.533. The molecule has 114 valence electrons. The molecular weight excluding hydrogens is 304 g/mol. The third-order valence-electron chi connectivity index (χ3n) is 4.72. The van der Waals surface area contributed by atoms with Crippen LogP contribution in [0.3, 0.4) is 0 Å². The minimum atomic E-state index is -3.46. The summed E-state index contributed by atoms with van der Waals surface area (Å²) in [5.74, 6) is 0.735. The molecule has 0 radical (unpaired) electrons. The molecule has 21 heavy (non-hydrogen) atoms. The Kier molecular flexibility index (Phi) is 3.58. The first-order chi connectivity index (χ1) is 9.84. The molecule has 6 heteroatoms. The topological polar surface area (TPSA) is 72.2 Å². The van der Waals surface area contributed by atoms with Crippen molar-refractivity contribution in [1.82, 2.24) is 4.72 Å². The molecule has 4 nitrogen and oxygen atoms in total. The Hall–Kier alpha value is -0.980. The second kappa shape index (κ2) is 5.04. The smallest absolute Gasteiger partial charge is 0.240 e. The van der Waals surface area contributed by atoms with Gasteiger partial charge < -0.3 is 5.73 Å². The molecular formula is C15H20N2O2S2. The quantitative estimate of drug-likeness (QED) is 0.786. The van der Waals surface area contributed by atoms with Crippen LogP contribution in [0.2, 0.25) is 0 Å². The number of nitrogens with two attached hydrogens (primary N) is 1. The first-order valence-electron chi connectivity index (χ1n) is 7.24. The minimum absolute atomic E-state index is 0.251. The van der Waals surface area contributed by atoms with E-state index in [4.69, 9.17) is 18.0 Å². The number of hydrogen-bond acceptors (Lipinski definition) is 3. The van der Waals surface area contributed by atoms with Gasteiger partial charge in [-0.25, -0.2) is 13.1 Å². The van der Waals surface area contributed by atoms with Crippen LogP contribution in [0, 0.1) is 18.3 Å². The third-order valence-corrected chi connectivity index (χ3v) is 6.34. The van der Waals surface area contributed by atoms with E-state index < -0.39 is 10.0 Å². The molecule has 0 aromatic heterocycles. The van der Waals surface area contributed by atoms with Crippen molar-refractivity contribution in [3.8, 4) is 0 Å². The number of benzene rings is 1. The van der Waals surface area contributed by atoms with Crippen LogP contribution < -0.4 is 10.5 Å². The molecule has 2 saturated carbocycles. The highest BCUT2D eigenvalue weighted by atomic mass is 32.2. The Morgan fingerprint density at radius 2 is 2.10 bits per heavy atom. The molecule has 0 atom stereocenters. The van der Waals surface area contributed by atoms with E-state index in [2.05, 4.69) is 4.72 Å². The van der Waals surface area contributed by atoms with Gasteiger partial charge in [-0.05, 0) is 61.6 Å². The molecule has 3 N–H and O–H groups in total. The third kappa shape index (κ3) is 2.98. The maximum Gasteiger partial charge on any atom is 0.240 e. The van der Waals surface area contributed by atoms with Gasteiger partial charge in [-0.3, -0.25) is 0 Å². The standard InChI is InChI=1S/C15H20N2O2S2/c1-10-8-12(4-5-13(10)14(16)20)21(18,19)17-9-15(6-7-15)11-2-3-11/h4-5,8,11,17H,2-3,6-7,9H2,1H3,(H2,16,20). The lowest BCUT2D eigenvalue weighted by Gasteiger charge is -2.15. The van der Waals surface area contributed by atoms with Crippen LogP contribution in [-0.4, -0.2) is 20.0 Å². The van der Waals surface area contributed by atoms with E-state index >= 15 is 0 Å². The summed E-state index contributed by atoms with van der Waals surface area (Å²) in [5, 5.41) is 0. The van der Waals surface area contributed by atoms with Crippen molar-refractivity contribution in [2.75, 3.05) is 6.54 Å². The van der Waals surface area contributed by atoms with Crippen molar-refractivity contribution >= 4 is 27.2 Å². The van der Waals surface area contributed by atoms with E-state index in [1.54, 1.807) is 18.2 Å². The molecule has 1 aromatic rings. The van der Waals surface area contributed by atoms with Gasteiger partial charge in [-0.15, -0.1) is 0 Å². The Morgan fingerprint density at radius 3 is 2.57 bits per heavy atom. The van der Waals surface area contributed by atoms with Gasteiger partial charge in [0.15, 0.2) is 0 Å². The van der Waals surface area contributed by atoms with Crippen molar-refractivity contribution in [2.45, 2.75) is 37.5 Å². The van der Waals surface area contributed by atoms with E-state index in [0.29, 0.717) is 6.54 Å². The number of rotatable bonds is 6. The monoisotopic (exact) mass is 324 g/mol. The van der Waals surface area contributed by atoms with E-state index in [1.165, 1.54) is 12.8 Å². The fourth-order valence-electron chi connectivity index (χ4n) is 2.99. The summed E-state index contributed by atoms with van der Waals surface area (Å²) in [6, 6.07) is 4.88. The van der Waals surface area contributed by atoms with E-state index in [1.807, 2.05) is 6.92 Å². The molecule has 1 aromatic carbocycles. The summed E-state index contributed by atoms with van der Waals surface area (Å²) in [7, 11) is -3.46. The second-order valence-electron chi connectivity index (χ2n) is 6.30. The fourth-order valence-corrected chi connectivity index (χ4v) is 4.44. The Morgan fingerprint density at radius 1 is 1.43 bits per heavy atom. The Balaban J connectivity index is 1.75. The largest absolute Gasteiger partial charge is 0.389 e. The summed E-state index contributed by atoms with van der Waals surface area (Å²) >= 11 is 4.94. The average Bonchev–Trinajstić information content (AvgIpc) is 3.26. The van der Waals surface area contributed by atoms with Crippen LogP contribution in [0.25, 0.3) is 0 Å². The molecule has 0 bridgehead atoms. The molecule has 2 aliphatic rings. The Bertz CT molecular complexity index is 690. The lowest BCUT2D eigenvalue weighted by molar-refractivity contribution is 0.432. The van der Waals surface area contributed by atoms with Gasteiger partial charge in [-0.2, -0.15) is 0 Å². The first kappa shape index (κ1) is 14.9. The van der Waals surface area contributed by atoms with Crippen molar-refractivity contribution in [3.05, 3.63) is 29.3 Å². The van der Waals surface area contributed by atoms with E-state index in [9.17, 15) is 8.42 Å². The summed E-state index contributed by atoms with van der Waals surface area (Å²) in [5.41, 5.74) is 7.36. The van der Waals surface area contributed by atoms with Crippen LogP contribution >= 0.6 is 12.2 Å². The lowest BCUT2D eigenvalue weighted by atomic mass is 10.0. The zero-order valence-electron chi connectivity index (χ0n) is 12.1. The first-order valence-corrected chi connectivity index (χ1v) is 9.13. The van der Waals surface area contributed by atoms with E-state index in [-0.39, 0.29) is 15.3 Å². The molecule has 0 unspecified atom stereocenters. The van der Waals surface area contributed by atoms with Gasteiger partial charge in [0.05, 0.1) is 4.90 Å². The maximum atomic E-state index is 12.4. The summed E-state index contributed by atoms with van der Waals surface area (Å²) in [4.78, 5) is 0.571. The number of nitrogens with one attached hydrogen (secondary N) is 1. The molecule has 0 aliphatic heterocycles. The molecule has 2 fully saturated rings. The van der Waals surface area contributed by atoms with Gasteiger partial charge in [0, 0.05) is 12.1 Å². The van der Waals surface area contributed by atoms with Gasteiger partial charge in [0.25, 0.3) is 0 Å². The highest BCUT2D eigenvalue weighted by Gasteiger charge is 2.53. The van der Waals surface area contributed by atoms with Crippen LogP contribution in [-0.2, 0) is 10.0 Å². The van der Waals surface area contributed by atoms with Crippen molar-refractivity contribution in [1.29, 1.82) is 0 Å². The van der Waals surface area contributed by atoms with Crippen molar-refractivity contribution in [3.63, 3.8) is 0 Å². The summed E-state index contributed by atoms with van der Waals surface area (Å²) < 4.78 is 27.6. The highest BCUT2D eigenvalue weighted by molar-refractivity contribution is 7.89. The van der Waals surface area contributed by atoms with Crippen LogP contribution in [0.5, 0.6) is 0 Å². The Labute approximate surface area is 131 Å². The van der Waals surface area contributed by atoms with Gasteiger partial charge in [-0.1, -0.05) is 18.3 Å². The maximum absolute atomic E-state index is 12.4. The lowest BCUT2D eigenvalue weighted by Crippen LogP contribution is -2.31. The normalized spacial score (nSPS) is 20.2. The molecule has 3 rings (SSSR count). The second-order valence-corrected chi connectivity index (χ2v) is 8.51. The minimum Gasteiger partial charge on any atom is -0.389 e. The summed E-state index contributed by atoms with van der Waals surface area (Å²) in [6.07, 6.45) is 4.81. The van der Waals surface area contributed by atoms with Crippen LogP contribution in [0.4, 0.5) is 0 Å². The highest BCUT2D eigenvalue weighted by Crippen LogP contribution is 2.60. The van der Waals surface area contributed by atoms with Crippen LogP contribution in [0.15, 0.2) is 23.1 Å². The van der Waals surface area contributed by atoms with Crippen LogP contribution in [0.1, 0.15) is 36.8 Å². The number of aryl methyl sites for hydroxylation is 1. The zero-order chi connectivity index (χ0) is 15.3. The number of sulfonamides is 1.